The average molecular weight is 517 g/mol. The Labute approximate surface area is 156 Å². The van der Waals surface area contributed by atoms with E-state index >= 15 is 0 Å². The Morgan fingerprint density at radius 1 is 0.720 bits per heavy atom. The molecule has 0 saturated heterocycles. The zero-order chi connectivity index (χ0) is 17.5. The number of allylic oxidation sites excluding steroid dienone is 4. The molecule has 0 atom stereocenters. The molecule has 0 saturated carbocycles. The molecule has 0 bridgehead atoms. The van der Waals surface area contributed by atoms with Gasteiger partial charge >= 0.3 is 157 Å². The molecule has 0 fully saturated rings. The Bertz CT molecular complexity index is 717. The Balaban J connectivity index is 2.14. The predicted octanol–water partition coefficient (Wildman–Crippen LogP) is 4.29. The van der Waals surface area contributed by atoms with Crippen molar-refractivity contribution in [1.82, 2.24) is 0 Å². The van der Waals surface area contributed by atoms with Crippen molar-refractivity contribution < 1.29 is 26.8 Å². The van der Waals surface area contributed by atoms with E-state index in [0.29, 0.717) is 0 Å². The third-order valence-corrected chi connectivity index (χ3v) is 10.8. The first kappa shape index (κ1) is 18.0. The molecule has 1 aliphatic carbocycles. The molecule has 25 heavy (non-hydrogen) atoms. The molecule has 0 N–H and O–H groups in total. The summed E-state index contributed by atoms with van der Waals surface area (Å²) < 4.78 is 15.8. The van der Waals surface area contributed by atoms with Gasteiger partial charge in [0.15, 0.2) is 0 Å². The average Bonchev–Trinajstić information content (AvgIpc) is 2.64. The van der Waals surface area contributed by atoms with E-state index in [0.717, 1.165) is 37.2 Å². The zero-order valence-corrected chi connectivity index (χ0v) is 17.1. The predicted molar refractivity (Wildman–Crippen MR) is 101 cm³/mol. The molecule has 3 heteroatoms. The first-order valence-electron chi connectivity index (χ1n) is 8.55. The first-order valence-corrected chi connectivity index (χ1v) is 12.0. The third kappa shape index (κ3) is 4.25. The quantitative estimate of drug-likeness (QED) is 0.553. The van der Waals surface area contributed by atoms with Gasteiger partial charge in [-0.25, -0.2) is 0 Å². The summed E-state index contributed by atoms with van der Waals surface area (Å²) in [5.74, 6) is 2.00. The van der Waals surface area contributed by atoms with Crippen molar-refractivity contribution >= 4 is 7.91 Å². The second-order valence-corrected chi connectivity index (χ2v) is 11.2. The topological polar surface area (TPSA) is 18.5 Å². The minimum absolute atomic E-state index is 0.998. The van der Waals surface area contributed by atoms with Crippen LogP contribution >= 0.6 is 0 Å². The fraction of sp³-hybridized carbons (Fsp3) is 0.273. The summed E-state index contributed by atoms with van der Waals surface area (Å²) in [7, 11) is 3.54. The molecule has 0 spiro atoms. The molecule has 0 radical (unpaired) electrons. The molecule has 2 aromatic rings. The number of hydrogen-bond donors (Lipinski definition) is 0. The van der Waals surface area contributed by atoms with Crippen molar-refractivity contribution in [3.05, 3.63) is 70.7 Å². The van der Waals surface area contributed by atoms with E-state index in [9.17, 15) is 0 Å². The van der Waals surface area contributed by atoms with Crippen LogP contribution in [-0.2, 0) is 17.3 Å². The molecule has 0 unspecified atom stereocenters. The van der Waals surface area contributed by atoms with E-state index in [2.05, 4.69) is 54.6 Å². The monoisotopic (exact) mass is 516 g/mol. The number of hydrogen-bond acceptors (Lipinski definition) is 2. The van der Waals surface area contributed by atoms with Crippen LogP contribution in [0.3, 0.4) is 0 Å². The van der Waals surface area contributed by atoms with Crippen LogP contribution in [0, 0.1) is 0 Å². The SMILES string of the molecule is COc1cccc[c]1[Pt]([C]1=CCCC=CCC1)[c]1ccccc1OC. The summed E-state index contributed by atoms with van der Waals surface area (Å²) in [6, 6.07) is 17.0. The maximum absolute atomic E-state index is 5.73. The van der Waals surface area contributed by atoms with Crippen molar-refractivity contribution in [2.24, 2.45) is 0 Å². The second-order valence-electron chi connectivity index (χ2n) is 5.64. The summed E-state index contributed by atoms with van der Waals surface area (Å²) in [4.78, 5) is 0. The number of para-hydroxylation sites is 2. The van der Waals surface area contributed by atoms with Crippen LogP contribution in [0.5, 0.6) is 11.5 Å². The fourth-order valence-corrected chi connectivity index (χ4v) is 9.85. The van der Waals surface area contributed by atoms with Crippen LogP contribution in [0.2, 0.25) is 0 Å². The van der Waals surface area contributed by atoms with Crippen molar-refractivity contribution in [3.8, 4) is 11.5 Å². The van der Waals surface area contributed by atoms with Crippen LogP contribution in [0.15, 0.2) is 70.7 Å². The van der Waals surface area contributed by atoms with Crippen molar-refractivity contribution in [1.29, 1.82) is 0 Å². The van der Waals surface area contributed by atoms with Gasteiger partial charge in [-0.3, -0.25) is 0 Å². The Kier molecular flexibility index (Phi) is 6.53. The van der Waals surface area contributed by atoms with Gasteiger partial charge in [-0.2, -0.15) is 0 Å². The van der Waals surface area contributed by atoms with Crippen LogP contribution in [0.1, 0.15) is 25.7 Å². The number of rotatable bonds is 5. The number of methoxy groups -OCH3 is 2. The van der Waals surface area contributed by atoms with Gasteiger partial charge in [0.2, 0.25) is 0 Å². The standard InChI is InChI=1S/C8H11.2C7H7O.Pt/c1-2-4-6-8-7-5-3-1;2*1-8-7-5-3-2-4-6-7;/h1-2,7H,3-6H2;2*2-5H,1H3;. The molecule has 135 valence electrons. The van der Waals surface area contributed by atoms with Gasteiger partial charge in [0.05, 0.1) is 0 Å². The first-order chi connectivity index (χ1) is 12.3. The van der Waals surface area contributed by atoms with Gasteiger partial charge in [0.1, 0.15) is 0 Å². The summed E-state index contributed by atoms with van der Waals surface area (Å²) >= 11 is -1.85. The van der Waals surface area contributed by atoms with E-state index < -0.39 is 17.3 Å². The molecule has 1 aliphatic rings. The van der Waals surface area contributed by atoms with Gasteiger partial charge in [0, 0.05) is 0 Å². The van der Waals surface area contributed by atoms with Crippen LogP contribution < -0.4 is 17.4 Å². The molecule has 2 aromatic carbocycles. The number of ether oxygens (including phenoxy) is 2. The minimum atomic E-state index is -1.85. The summed E-state index contributed by atoms with van der Waals surface area (Å²) in [6.45, 7) is 0. The number of benzene rings is 2. The Morgan fingerprint density at radius 3 is 1.88 bits per heavy atom. The van der Waals surface area contributed by atoms with Crippen LogP contribution in [0.25, 0.3) is 0 Å². The van der Waals surface area contributed by atoms with E-state index in [1.807, 2.05) is 12.1 Å². The molecule has 0 amide bonds. The zero-order valence-electron chi connectivity index (χ0n) is 14.8. The normalized spacial score (nSPS) is 15.0. The van der Waals surface area contributed by atoms with E-state index in [1.165, 1.54) is 7.91 Å². The van der Waals surface area contributed by atoms with Gasteiger partial charge in [-0.05, 0) is 0 Å². The molecule has 3 rings (SSSR count). The van der Waals surface area contributed by atoms with E-state index in [-0.39, 0.29) is 0 Å². The van der Waals surface area contributed by atoms with Gasteiger partial charge in [-0.1, -0.05) is 0 Å². The van der Waals surface area contributed by atoms with Gasteiger partial charge in [-0.15, -0.1) is 0 Å². The van der Waals surface area contributed by atoms with Crippen LogP contribution in [0.4, 0.5) is 0 Å². The Morgan fingerprint density at radius 2 is 1.28 bits per heavy atom. The summed E-state index contributed by atoms with van der Waals surface area (Å²) in [6.07, 6.45) is 11.6. The molecular weight excluding hydrogens is 491 g/mol. The van der Waals surface area contributed by atoms with E-state index in [1.54, 1.807) is 18.2 Å². The van der Waals surface area contributed by atoms with E-state index in [4.69, 9.17) is 9.47 Å². The molecular formula is C22H25O2Pt. The fourth-order valence-electron chi connectivity index (χ4n) is 2.78. The maximum atomic E-state index is 5.73. The van der Waals surface area contributed by atoms with Crippen LogP contribution in [-0.4, -0.2) is 14.2 Å². The molecule has 0 aliphatic heterocycles. The molecule has 2 nitrogen and oxygen atoms in total. The molecule has 0 aromatic heterocycles. The van der Waals surface area contributed by atoms with Crippen molar-refractivity contribution in [2.75, 3.05) is 14.2 Å². The Hall–Kier alpha value is -1.79. The van der Waals surface area contributed by atoms with Gasteiger partial charge < -0.3 is 0 Å². The molecule has 0 heterocycles. The van der Waals surface area contributed by atoms with Crippen molar-refractivity contribution in [2.45, 2.75) is 25.7 Å². The summed E-state index contributed by atoms with van der Waals surface area (Å²) in [5, 5.41) is 0. The van der Waals surface area contributed by atoms with Gasteiger partial charge in [0.25, 0.3) is 0 Å². The summed E-state index contributed by atoms with van der Waals surface area (Å²) in [5.41, 5.74) is 0. The van der Waals surface area contributed by atoms with Crippen molar-refractivity contribution in [3.63, 3.8) is 0 Å². The second kappa shape index (κ2) is 9.06. The third-order valence-electron chi connectivity index (χ3n) is 3.99.